The molecule has 0 aliphatic heterocycles. The predicted molar refractivity (Wildman–Crippen MR) is 38.9 cm³/mol. The highest BCUT2D eigenvalue weighted by atomic mass is 79.9. The second-order valence-electron chi connectivity index (χ2n) is 2.18. The maximum atomic E-state index is 12.7. The van der Waals surface area contributed by atoms with E-state index in [2.05, 4.69) is 15.9 Å². The lowest BCUT2D eigenvalue weighted by atomic mass is 10.2. The molecule has 0 bridgehead atoms. The van der Waals surface area contributed by atoms with Crippen molar-refractivity contribution in [3.63, 3.8) is 0 Å². The normalized spacial score (nSPS) is 10.6. The van der Waals surface area contributed by atoms with Crippen LogP contribution in [-0.4, -0.2) is 0 Å². The highest BCUT2D eigenvalue weighted by Gasteiger charge is 2.24. The summed E-state index contributed by atoms with van der Waals surface area (Å²) in [5.74, 6) is -9.58. The number of rotatable bonds is 1. The van der Waals surface area contributed by atoms with Gasteiger partial charge in [-0.2, -0.15) is 0 Å². The molecule has 0 heterocycles. The molecule has 0 amide bonds. The first kappa shape index (κ1) is 10.4. The quantitative estimate of drug-likeness (QED) is 0.315. The molecule has 1 aromatic carbocycles. The molecule has 0 fully saturated rings. The SMILES string of the molecule is Fc1c(F)c(F)c(CBr)c(F)c1F. The lowest BCUT2D eigenvalue weighted by Crippen LogP contribution is -2.05. The Hall–Kier alpha value is -0.650. The Bertz CT molecular complexity index is 320. The monoisotopic (exact) mass is 260 g/mol. The Kier molecular flexibility index (Phi) is 2.90. The summed E-state index contributed by atoms with van der Waals surface area (Å²) < 4.78 is 62.5. The highest BCUT2D eigenvalue weighted by Crippen LogP contribution is 2.24. The van der Waals surface area contributed by atoms with E-state index in [1.165, 1.54) is 0 Å². The van der Waals surface area contributed by atoms with Gasteiger partial charge in [0.25, 0.3) is 0 Å². The molecular weight excluding hydrogens is 259 g/mol. The molecule has 13 heavy (non-hydrogen) atoms. The van der Waals surface area contributed by atoms with E-state index in [4.69, 9.17) is 0 Å². The second-order valence-corrected chi connectivity index (χ2v) is 2.74. The lowest BCUT2D eigenvalue weighted by Gasteiger charge is -2.04. The summed E-state index contributed by atoms with van der Waals surface area (Å²) in [5.41, 5.74) is -0.864. The number of hydrogen-bond acceptors (Lipinski definition) is 0. The molecule has 0 nitrogen and oxygen atoms in total. The van der Waals surface area contributed by atoms with Crippen LogP contribution >= 0.6 is 15.9 Å². The minimum absolute atomic E-state index is 0.432. The molecule has 0 atom stereocenters. The molecule has 0 saturated heterocycles. The van der Waals surface area contributed by atoms with Gasteiger partial charge in [-0.3, -0.25) is 0 Å². The zero-order valence-corrected chi connectivity index (χ0v) is 7.56. The fourth-order valence-electron chi connectivity index (χ4n) is 0.768. The van der Waals surface area contributed by atoms with E-state index in [9.17, 15) is 22.0 Å². The lowest BCUT2D eigenvalue weighted by molar-refractivity contribution is 0.373. The number of halogens is 6. The van der Waals surface area contributed by atoms with Gasteiger partial charge in [-0.05, 0) is 0 Å². The highest BCUT2D eigenvalue weighted by molar-refractivity contribution is 9.08. The number of alkyl halides is 1. The summed E-state index contributed by atoms with van der Waals surface area (Å²) in [5, 5.41) is -0.432. The largest absolute Gasteiger partial charge is 0.203 e. The van der Waals surface area contributed by atoms with Crippen LogP contribution in [0.15, 0.2) is 0 Å². The molecule has 0 aromatic heterocycles. The van der Waals surface area contributed by atoms with Gasteiger partial charge in [-0.1, -0.05) is 15.9 Å². The topological polar surface area (TPSA) is 0 Å². The molecule has 0 spiro atoms. The van der Waals surface area contributed by atoms with Crippen molar-refractivity contribution in [1.29, 1.82) is 0 Å². The van der Waals surface area contributed by atoms with Gasteiger partial charge in [0, 0.05) is 10.9 Å². The van der Waals surface area contributed by atoms with E-state index >= 15 is 0 Å². The molecule has 0 saturated carbocycles. The standard InChI is InChI=1S/C7H2BrF5/c8-1-2-3(9)5(11)7(13)6(12)4(2)10/h1H2. The third-order valence-electron chi connectivity index (χ3n) is 1.43. The van der Waals surface area contributed by atoms with Crippen LogP contribution in [0.25, 0.3) is 0 Å². The van der Waals surface area contributed by atoms with Crippen LogP contribution in [0, 0.1) is 29.1 Å². The van der Waals surface area contributed by atoms with Crippen molar-refractivity contribution < 1.29 is 22.0 Å². The molecule has 72 valence electrons. The minimum atomic E-state index is -2.14. The Morgan fingerprint density at radius 3 is 1.31 bits per heavy atom. The third kappa shape index (κ3) is 1.54. The summed E-state index contributed by atoms with van der Waals surface area (Å²) in [6, 6.07) is 0. The molecule has 1 rings (SSSR count). The van der Waals surface area contributed by atoms with Crippen LogP contribution in [0.4, 0.5) is 22.0 Å². The van der Waals surface area contributed by atoms with Crippen molar-refractivity contribution in [2.75, 3.05) is 0 Å². The molecule has 0 aliphatic rings. The van der Waals surface area contributed by atoms with Gasteiger partial charge >= 0.3 is 0 Å². The average Bonchev–Trinajstić information content (AvgIpc) is 2.13. The zero-order chi connectivity index (χ0) is 10.2. The van der Waals surface area contributed by atoms with Crippen LogP contribution in [0.2, 0.25) is 0 Å². The first-order valence-corrected chi connectivity index (χ1v) is 4.19. The first-order valence-electron chi connectivity index (χ1n) is 3.07. The van der Waals surface area contributed by atoms with Gasteiger partial charge in [0.2, 0.25) is 5.82 Å². The average molecular weight is 261 g/mol. The van der Waals surface area contributed by atoms with Gasteiger partial charge in [0.1, 0.15) is 0 Å². The predicted octanol–water partition coefficient (Wildman–Crippen LogP) is 3.28. The minimum Gasteiger partial charge on any atom is -0.203 e. The summed E-state index contributed by atoms with van der Waals surface area (Å²) in [6.45, 7) is 0. The fourth-order valence-corrected chi connectivity index (χ4v) is 1.26. The van der Waals surface area contributed by atoms with Crippen molar-refractivity contribution in [2.45, 2.75) is 5.33 Å². The zero-order valence-electron chi connectivity index (χ0n) is 5.97. The van der Waals surface area contributed by atoms with E-state index in [1.54, 1.807) is 0 Å². The molecular formula is C7H2BrF5. The number of hydrogen-bond donors (Lipinski definition) is 0. The van der Waals surface area contributed by atoms with Gasteiger partial charge in [-0.25, -0.2) is 22.0 Å². The van der Waals surface area contributed by atoms with Crippen molar-refractivity contribution in [3.8, 4) is 0 Å². The van der Waals surface area contributed by atoms with Crippen molar-refractivity contribution in [1.82, 2.24) is 0 Å². The van der Waals surface area contributed by atoms with Crippen molar-refractivity contribution in [3.05, 3.63) is 34.6 Å². The van der Waals surface area contributed by atoms with E-state index in [-0.39, 0.29) is 0 Å². The van der Waals surface area contributed by atoms with Crippen LogP contribution in [-0.2, 0) is 5.33 Å². The third-order valence-corrected chi connectivity index (χ3v) is 2.00. The van der Waals surface area contributed by atoms with Crippen LogP contribution in [0.5, 0.6) is 0 Å². The number of benzene rings is 1. The summed E-state index contributed by atoms with van der Waals surface area (Å²) in [6.07, 6.45) is 0. The molecule has 0 unspecified atom stereocenters. The van der Waals surface area contributed by atoms with Gasteiger partial charge in [0.05, 0.1) is 0 Å². The molecule has 6 heteroatoms. The van der Waals surface area contributed by atoms with Crippen molar-refractivity contribution in [2.24, 2.45) is 0 Å². The molecule has 0 aliphatic carbocycles. The van der Waals surface area contributed by atoms with Gasteiger partial charge < -0.3 is 0 Å². The van der Waals surface area contributed by atoms with E-state index in [1.807, 2.05) is 0 Å². The van der Waals surface area contributed by atoms with E-state index in [0.29, 0.717) is 0 Å². The summed E-state index contributed by atoms with van der Waals surface area (Å²) in [7, 11) is 0. The molecule has 0 N–H and O–H groups in total. The Morgan fingerprint density at radius 1 is 0.692 bits per heavy atom. The van der Waals surface area contributed by atoms with Crippen LogP contribution in [0.3, 0.4) is 0 Å². The second kappa shape index (κ2) is 3.61. The Morgan fingerprint density at radius 2 is 1.00 bits per heavy atom. The van der Waals surface area contributed by atoms with E-state index < -0.39 is 40.0 Å². The maximum absolute atomic E-state index is 12.7. The molecule has 0 radical (unpaired) electrons. The Balaban J connectivity index is 3.56. The summed E-state index contributed by atoms with van der Waals surface area (Å²) in [4.78, 5) is 0. The maximum Gasteiger partial charge on any atom is 0.200 e. The van der Waals surface area contributed by atoms with Crippen molar-refractivity contribution >= 4 is 15.9 Å². The summed E-state index contributed by atoms with van der Waals surface area (Å²) >= 11 is 2.62. The van der Waals surface area contributed by atoms with Gasteiger partial charge in [-0.15, -0.1) is 0 Å². The van der Waals surface area contributed by atoms with Gasteiger partial charge in [0.15, 0.2) is 23.3 Å². The Labute approximate surface area is 78.5 Å². The molecule has 1 aromatic rings. The first-order chi connectivity index (χ1) is 6.00. The van der Waals surface area contributed by atoms with Crippen LogP contribution < -0.4 is 0 Å². The smallest absolute Gasteiger partial charge is 0.200 e. The van der Waals surface area contributed by atoms with Crippen LogP contribution in [0.1, 0.15) is 5.56 Å². The van der Waals surface area contributed by atoms with E-state index in [0.717, 1.165) is 0 Å². The fraction of sp³-hybridized carbons (Fsp3) is 0.143.